The molecular weight excluding hydrogens is 465 g/mol. The summed E-state index contributed by atoms with van der Waals surface area (Å²) in [5.74, 6) is 0.655. The number of hydrogen-bond donors (Lipinski definition) is 2. The van der Waals surface area contributed by atoms with Gasteiger partial charge in [-0.3, -0.25) is 9.67 Å². The molecule has 0 unspecified atom stereocenters. The fraction of sp³-hybridized carbons (Fsp3) is 0.450. The van der Waals surface area contributed by atoms with Crippen molar-refractivity contribution in [3.05, 3.63) is 45.7 Å². The molecule has 0 amide bonds. The molecule has 1 aromatic carbocycles. The Balaban J connectivity index is 1.67. The zero-order chi connectivity index (χ0) is 22.9. The summed E-state index contributed by atoms with van der Waals surface area (Å²) in [7, 11) is 0. The van der Waals surface area contributed by atoms with E-state index in [0.717, 1.165) is 10.2 Å². The van der Waals surface area contributed by atoms with E-state index in [1.807, 2.05) is 6.92 Å². The normalized spacial score (nSPS) is 18.4. The number of nitrogens with zero attached hydrogens (tertiary/aromatic N) is 4. The number of halogens is 4. The highest BCUT2D eigenvalue weighted by Crippen LogP contribution is 2.44. The summed E-state index contributed by atoms with van der Waals surface area (Å²) in [5.41, 5.74) is 1.03. The van der Waals surface area contributed by atoms with Crippen LogP contribution in [0, 0.1) is 4.77 Å². The Bertz CT molecular complexity index is 1120. The van der Waals surface area contributed by atoms with Crippen molar-refractivity contribution in [3.63, 3.8) is 0 Å². The van der Waals surface area contributed by atoms with Crippen LogP contribution in [0.2, 0.25) is 5.02 Å². The van der Waals surface area contributed by atoms with Gasteiger partial charge in [-0.2, -0.15) is 23.4 Å². The first kappa shape index (κ1) is 22.8. The van der Waals surface area contributed by atoms with Crippen LogP contribution in [0.5, 0.6) is 0 Å². The van der Waals surface area contributed by atoms with E-state index in [0.29, 0.717) is 47.5 Å². The van der Waals surface area contributed by atoms with Gasteiger partial charge in [0, 0.05) is 37.3 Å². The zero-order valence-electron chi connectivity index (χ0n) is 17.2. The number of benzene rings is 1. The SMILES string of the molecule is CCOCCCn1c(-c2cc3n(n2)[C@@H](C(F)(F)F)C[C@@H](c2ccc(Cl)cc2)N3)n[nH]c1=S. The number of rotatable bonds is 7. The van der Waals surface area contributed by atoms with Gasteiger partial charge in [-0.25, -0.2) is 4.68 Å². The van der Waals surface area contributed by atoms with Gasteiger partial charge in [0.25, 0.3) is 0 Å². The van der Waals surface area contributed by atoms with E-state index in [2.05, 4.69) is 20.6 Å². The molecule has 12 heteroatoms. The Kier molecular flexibility index (Phi) is 6.59. The highest BCUT2D eigenvalue weighted by molar-refractivity contribution is 7.71. The number of fused-ring (bicyclic) bond motifs is 1. The third-order valence-corrected chi connectivity index (χ3v) is 5.89. The van der Waals surface area contributed by atoms with Crippen LogP contribution in [-0.2, 0) is 11.3 Å². The monoisotopic (exact) mass is 486 g/mol. The summed E-state index contributed by atoms with van der Waals surface area (Å²) in [4.78, 5) is 0. The standard InChI is InChI=1S/C20H22ClF3N6OS/c1-2-31-9-3-8-29-18(26-27-19(29)32)15-11-17-25-14(12-4-6-13(21)7-5-12)10-16(20(22,23)24)30(17)28-15/h4-7,11,14,16,25H,2-3,8-10H2,1H3,(H,27,32)/t14-,16+/m0/s1. The van der Waals surface area contributed by atoms with E-state index in [1.165, 1.54) is 0 Å². The second-order valence-corrected chi connectivity index (χ2v) is 8.28. The molecule has 2 aromatic heterocycles. The smallest absolute Gasteiger partial charge is 0.382 e. The molecule has 4 rings (SSSR count). The molecule has 3 heterocycles. The highest BCUT2D eigenvalue weighted by atomic mass is 35.5. The molecule has 3 aromatic rings. The van der Waals surface area contributed by atoms with Crippen molar-refractivity contribution < 1.29 is 17.9 Å². The van der Waals surface area contributed by atoms with Gasteiger partial charge in [0.2, 0.25) is 0 Å². The maximum Gasteiger partial charge on any atom is 0.410 e. The molecule has 0 spiro atoms. The van der Waals surface area contributed by atoms with E-state index >= 15 is 0 Å². The van der Waals surface area contributed by atoms with Gasteiger partial charge < -0.3 is 10.1 Å². The van der Waals surface area contributed by atoms with Crippen LogP contribution in [0.25, 0.3) is 11.5 Å². The van der Waals surface area contributed by atoms with Crippen molar-refractivity contribution in [2.45, 2.75) is 44.6 Å². The molecule has 7 nitrogen and oxygen atoms in total. The molecule has 0 bridgehead atoms. The van der Waals surface area contributed by atoms with Crippen LogP contribution >= 0.6 is 23.8 Å². The number of H-pyrrole nitrogens is 1. The molecule has 172 valence electrons. The Hall–Kier alpha value is -2.37. The van der Waals surface area contributed by atoms with Gasteiger partial charge in [-0.05, 0) is 43.3 Å². The molecule has 0 saturated carbocycles. The van der Waals surface area contributed by atoms with Gasteiger partial charge in [0.05, 0.1) is 6.04 Å². The average Bonchev–Trinajstić information content (AvgIpc) is 3.33. The van der Waals surface area contributed by atoms with Crippen LogP contribution in [0.15, 0.2) is 30.3 Å². The molecule has 0 saturated heterocycles. The largest absolute Gasteiger partial charge is 0.410 e. The molecule has 0 fully saturated rings. The molecule has 2 N–H and O–H groups in total. The van der Waals surface area contributed by atoms with Gasteiger partial charge in [-0.15, -0.1) is 0 Å². The van der Waals surface area contributed by atoms with Crippen molar-refractivity contribution in [3.8, 4) is 11.5 Å². The topological polar surface area (TPSA) is 72.7 Å². The fourth-order valence-electron chi connectivity index (χ4n) is 3.79. The lowest BCUT2D eigenvalue weighted by atomic mass is 9.97. The molecule has 0 radical (unpaired) electrons. The number of aromatic nitrogens is 5. The maximum atomic E-state index is 13.9. The number of anilines is 1. The van der Waals surface area contributed by atoms with E-state index in [9.17, 15) is 13.2 Å². The minimum absolute atomic E-state index is 0.194. The van der Waals surface area contributed by atoms with E-state index in [4.69, 9.17) is 28.6 Å². The molecule has 1 aliphatic heterocycles. The Morgan fingerprint density at radius 1 is 1.28 bits per heavy atom. The van der Waals surface area contributed by atoms with Crippen molar-refractivity contribution in [1.29, 1.82) is 0 Å². The Morgan fingerprint density at radius 2 is 2.03 bits per heavy atom. The minimum atomic E-state index is -4.47. The molecule has 0 aliphatic carbocycles. The van der Waals surface area contributed by atoms with Crippen LogP contribution in [0.3, 0.4) is 0 Å². The van der Waals surface area contributed by atoms with Crippen molar-refractivity contribution in [2.75, 3.05) is 18.5 Å². The summed E-state index contributed by atoms with van der Waals surface area (Å²) in [6.45, 7) is 3.57. The van der Waals surface area contributed by atoms with E-state index in [1.54, 1.807) is 34.9 Å². The Labute approximate surface area is 192 Å². The molecule has 1 aliphatic rings. The first-order valence-corrected chi connectivity index (χ1v) is 11.0. The number of nitrogens with one attached hydrogen (secondary N) is 2. The number of hydrogen-bond acceptors (Lipinski definition) is 5. The number of alkyl halides is 3. The molecule has 32 heavy (non-hydrogen) atoms. The highest BCUT2D eigenvalue weighted by Gasteiger charge is 2.46. The predicted octanol–water partition coefficient (Wildman–Crippen LogP) is 5.54. The van der Waals surface area contributed by atoms with Gasteiger partial charge in [-0.1, -0.05) is 23.7 Å². The first-order valence-electron chi connectivity index (χ1n) is 10.2. The van der Waals surface area contributed by atoms with Gasteiger partial charge in [0.1, 0.15) is 11.5 Å². The summed E-state index contributed by atoms with van der Waals surface area (Å²) in [5, 5.41) is 14.9. The van der Waals surface area contributed by atoms with Crippen molar-refractivity contribution in [2.24, 2.45) is 0 Å². The third kappa shape index (κ3) is 4.69. The summed E-state index contributed by atoms with van der Waals surface area (Å²) in [6, 6.07) is 6.04. The summed E-state index contributed by atoms with van der Waals surface area (Å²) < 4.78 is 50.3. The zero-order valence-corrected chi connectivity index (χ0v) is 18.8. The average molecular weight is 487 g/mol. The van der Waals surface area contributed by atoms with Gasteiger partial charge >= 0.3 is 6.18 Å². The van der Waals surface area contributed by atoms with Crippen LogP contribution in [-0.4, -0.2) is 43.9 Å². The van der Waals surface area contributed by atoms with E-state index in [-0.39, 0.29) is 12.2 Å². The maximum absolute atomic E-state index is 13.9. The number of aromatic amines is 1. The molecule has 2 atom stereocenters. The summed E-state index contributed by atoms with van der Waals surface area (Å²) in [6.07, 6.45) is -3.97. The van der Waals surface area contributed by atoms with Crippen molar-refractivity contribution >= 4 is 29.6 Å². The quantitative estimate of drug-likeness (QED) is 0.338. The second-order valence-electron chi connectivity index (χ2n) is 7.46. The predicted molar refractivity (Wildman–Crippen MR) is 117 cm³/mol. The second kappa shape index (κ2) is 9.24. The number of ether oxygens (including phenoxy) is 1. The lowest BCUT2D eigenvalue weighted by Gasteiger charge is -2.33. The van der Waals surface area contributed by atoms with Gasteiger partial charge in [0.15, 0.2) is 16.6 Å². The van der Waals surface area contributed by atoms with Crippen LogP contribution in [0.1, 0.15) is 37.4 Å². The fourth-order valence-corrected chi connectivity index (χ4v) is 4.14. The minimum Gasteiger partial charge on any atom is -0.382 e. The summed E-state index contributed by atoms with van der Waals surface area (Å²) >= 11 is 11.2. The lowest BCUT2D eigenvalue weighted by molar-refractivity contribution is -0.173. The van der Waals surface area contributed by atoms with Crippen molar-refractivity contribution in [1.82, 2.24) is 24.5 Å². The van der Waals surface area contributed by atoms with Crippen LogP contribution < -0.4 is 5.32 Å². The lowest BCUT2D eigenvalue weighted by Crippen LogP contribution is -2.35. The first-order chi connectivity index (χ1) is 15.3. The third-order valence-electron chi connectivity index (χ3n) is 5.32. The molecular formula is C20H22ClF3N6OS. The van der Waals surface area contributed by atoms with Crippen LogP contribution in [0.4, 0.5) is 19.0 Å². The Morgan fingerprint density at radius 3 is 2.72 bits per heavy atom. The van der Waals surface area contributed by atoms with E-state index < -0.39 is 18.3 Å².